The number of carboxylic acids is 1. The molecule has 0 saturated carbocycles. The molecule has 1 aromatic heterocycles. The fraction of sp³-hybridized carbons (Fsp3) is 0.250. The molecule has 2 aromatic rings. The molecule has 1 aromatic carbocycles. The zero-order valence-corrected chi connectivity index (χ0v) is 12.0. The van der Waals surface area contributed by atoms with Gasteiger partial charge in [0.15, 0.2) is 5.69 Å². The standard InChI is InChI=1S/C16H19N3O2/c1-19(12-13-6-3-2-4-7-13)11-10-17-15-9-5-8-14(18-15)16(20)21/h2-9H,10-12H2,1H3,(H,17,18)(H,20,21). The number of likely N-dealkylation sites (N-methyl/N-ethyl adjacent to an activating group) is 1. The van der Waals surface area contributed by atoms with Crippen molar-refractivity contribution in [3.8, 4) is 0 Å². The fourth-order valence-corrected chi connectivity index (χ4v) is 2.00. The first-order valence-electron chi connectivity index (χ1n) is 6.82. The predicted molar refractivity (Wildman–Crippen MR) is 82.5 cm³/mol. The second kappa shape index (κ2) is 7.40. The molecule has 0 spiro atoms. The number of carboxylic acid groups (broad SMARTS) is 1. The van der Waals surface area contributed by atoms with Crippen molar-refractivity contribution in [1.29, 1.82) is 0 Å². The summed E-state index contributed by atoms with van der Waals surface area (Å²) in [4.78, 5) is 17.1. The van der Waals surface area contributed by atoms with E-state index in [0.29, 0.717) is 12.4 Å². The molecule has 2 N–H and O–H groups in total. The quantitative estimate of drug-likeness (QED) is 0.817. The Bertz CT molecular complexity index is 587. The van der Waals surface area contributed by atoms with Crippen LogP contribution < -0.4 is 5.32 Å². The van der Waals surface area contributed by atoms with Gasteiger partial charge in [0.25, 0.3) is 0 Å². The molecule has 0 aliphatic heterocycles. The molecule has 0 fully saturated rings. The molecule has 5 heteroatoms. The molecular formula is C16H19N3O2. The highest BCUT2D eigenvalue weighted by atomic mass is 16.4. The summed E-state index contributed by atoms with van der Waals surface area (Å²) < 4.78 is 0. The number of aromatic carboxylic acids is 1. The van der Waals surface area contributed by atoms with E-state index >= 15 is 0 Å². The van der Waals surface area contributed by atoms with E-state index < -0.39 is 5.97 Å². The zero-order valence-electron chi connectivity index (χ0n) is 12.0. The van der Waals surface area contributed by atoms with E-state index in [-0.39, 0.29) is 5.69 Å². The molecule has 0 bridgehead atoms. The predicted octanol–water partition coefficient (Wildman–Crippen LogP) is 2.32. The molecular weight excluding hydrogens is 266 g/mol. The highest BCUT2D eigenvalue weighted by Gasteiger charge is 2.05. The number of hydrogen-bond acceptors (Lipinski definition) is 4. The number of benzene rings is 1. The first kappa shape index (κ1) is 15.0. The summed E-state index contributed by atoms with van der Waals surface area (Å²) in [5.41, 5.74) is 1.32. The fourth-order valence-electron chi connectivity index (χ4n) is 2.00. The Kier molecular flexibility index (Phi) is 5.29. The third kappa shape index (κ3) is 4.89. The Morgan fingerprint density at radius 3 is 2.67 bits per heavy atom. The number of rotatable bonds is 7. The summed E-state index contributed by atoms with van der Waals surface area (Å²) in [6.45, 7) is 2.43. The average Bonchev–Trinajstić information content (AvgIpc) is 2.48. The second-order valence-corrected chi connectivity index (χ2v) is 4.86. The Balaban J connectivity index is 1.78. The maximum atomic E-state index is 10.8. The van der Waals surface area contributed by atoms with Crippen molar-refractivity contribution in [2.24, 2.45) is 0 Å². The maximum Gasteiger partial charge on any atom is 0.354 e. The van der Waals surface area contributed by atoms with Crippen LogP contribution in [-0.2, 0) is 6.54 Å². The Morgan fingerprint density at radius 1 is 1.19 bits per heavy atom. The largest absolute Gasteiger partial charge is 0.477 e. The van der Waals surface area contributed by atoms with Crippen molar-refractivity contribution < 1.29 is 9.90 Å². The van der Waals surface area contributed by atoms with Crippen LogP contribution >= 0.6 is 0 Å². The Labute approximate surface area is 124 Å². The summed E-state index contributed by atoms with van der Waals surface area (Å²) in [7, 11) is 2.05. The number of pyridine rings is 1. The first-order valence-corrected chi connectivity index (χ1v) is 6.82. The highest BCUT2D eigenvalue weighted by Crippen LogP contribution is 2.05. The van der Waals surface area contributed by atoms with Crippen LogP contribution in [0.15, 0.2) is 48.5 Å². The number of nitrogens with one attached hydrogen (secondary N) is 1. The Morgan fingerprint density at radius 2 is 1.95 bits per heavy atom. The van der Waals surface area contributed by atoms with Gasteiger partial charge in [-0.25, -0.2) is 9.78 Å². The van der Waals surface area contributed by atoms with Crippen molar-refractivity contribution in [1.82, 2.24) is 9.88 Å². The van der Waals surface area contributed by atoms with Gasteiger partial charge in [-0.05, 0) is 24.7 Å². The van der Waals surface area contributed by atoms with Gasteiger partial charge < -0.3 is 15.3 Å². The molecule has 0 saturated heterocycles. The molecule has 2 rings (SSSR count). The van der Waals surface area contributed by atoms with Crippen LogP contribution in [0.3, 0.4) is 0 Å². The number of nitrogens with zero attached hydrogens (tertiary/aromatic N) is 2. The van der Waals surface area contributed by atoms with Crippen LogP contribution in [0.4, 0.5) is 5.82 Å². The average molecular weight is 285 g/mol. The lowest BCUT2D eigenvalue weighted by molar-refractivity contribution is 0.0690. The molecule has 0 radical (unpaired) electrons. The van der Waals surface area contributed by atoms with Gasteiger partial charge in [-0.3, -0.25) is 0 Å². The van der Waals surface area contributed by atoms with Gasteiger partial charge in [0, 0.05) is 19.6 Å². The molecule has 0 aliphatic rings. The van der Waals surface area contributed by atoms with E-state index in [1.54, 1.807) is 12.1 Å². The summed E-state index contributed by atoms with van der Waals surface area (Å²) in [5, 5.41) is 12.0. The second-order valence-electron chi connectivity index (χ2n) is 4.86. The van der Waals surface area contributed by atoms with Gasteiger partial charge in [0.1, 0.15) is 5.82 Å². The van der Waals surface area contributed by atoms with E-state index in [1.165, 1.54) is 11.6 Å². The molecule has 0 amide bonds. The number of aromatic nitrogens is 1. The van der Waals surface area contributed by atoms with Crippen molar-refractivity contribution in [2.45, 2.75) is 6.54 Å². The van der Waals surface area contributed by atoms with Gasteiger partial charge in [0.2, 0.25) is 0 Å². The summed E-state index contributed by atoms with van der Waals surface area (Å²) in [6.07, 6.45) is 0. The van der Waals surface area contributed by atoms with Gasteiger partial charge >= 0.3 is 5.97 Å². The summed E-state index contributed by atoms with van der Waals surface area (Å²) in [6, 6.07) is 15.2. The number of anilines is 1. The van der Waals surface area contributed by atoms with Crippen LogP contribution in [0.1, 0.15) is 16.1 Å². The molecule has 0 unspecified atom stereocenters. The van der Waals surface area contributed by atoms with Crippen LogP contribution in [0, 0.1) is 0 Å². The molecule has 1 heterocycles. The summed E-state index contributed by atoms with van der Waals surface area (Å²) >= 11 is 0. The SMILES string of the molecule is CN(CCNc1cccc(C(=O)O)n1)Cc1ccccc1. The lowest BCUT2D eigenvalue weighted by atomic mass is 10.2. The van der Waals surface area contributed by atoms with Crippen molar-refractivity contribution in [3.63, 3.8) is 0 Å². The Hall–Kier alpha value is -2.40. The minimum Gasteiger partial charge on any atom is -0.477 e. The third-order valence-corrected chi connectivity index (χ3v) is 3.06. The number of hydrogen-bond donors (Lipinski definition) is 2. The summed E-state index contributed by atoms with van der Waals surface area (Å²) in [5.74, 6) is -0.428. The maximum absolute atomic E-state index is 10.8. The van der Waals surface area contributed by atoms with Crippen LogP contribution in [0.5, 0.6) is 0 Å². The van der Waals surface area contributed by atoms with Crippen molar-refractivity contribution in [2.75, 3.05) is 25.5 Å². The normalized spacial score (nSPS) is 10.6. The molecule has 110 valence electrons. The minimum atomic E-state index is -1.01. The monoisotopic (exact) mass is 285 g/mol. The van der Waals surface area contributed by atoms with Crippen molar-refractivity contribution in [3.05, 3.63) is 59.8 Å². The number of carbonyl (C=O) groups is 1. The topological polar surface area (TPSA) is 65.5 Å². The smallest absolute Gasteiger partial charge is 0.354 e. The van der Waals surface area contributed by atoms with E-state index in [2.05, 4.69) is 34.4 Å². The van der Waals surface area contributed by atoms with Gasteiger partial charge in [0.05, 0.1) is 0 Å². The highest BCUT2D eigenvalue weighted by molar-refractivity contribution is 5.85. The molecule has 21 heavy (non-hydrogen) atoms. The molecule has 5 nitrogen and oxygen atoms in total. The zero-order chi connectivity index (χ0) is 15.1. The third-order valence-electron chi connectivity index (χ3n) is 3.06. The molecule has 0 aliphatic carbocycles. The van der Waals surface area contributed by atoms with E-state index in [4.69, 9.17) is 5.11 Å². The lowest BCUT2D eigenvalue weighted by Crippen LogP contribution is -2.25. The van der Waals surface area contributed by atoms with Crippen LogP contribution in [0.25, 0.3) is 0 Å². The minimum absolute atomic E-state index is 0.0534. The van der Waals surface area contributed by atoms with Crippen LogP contribution in [-0.4, -0.2) is 41.1 Å². The van der Waals surface area contributed by atoms with E-state index in [0.717, 1.165) is 13.1 Å². The van der Waals surface area contributed by atoms with E-state index in [9.17, 15) is 4.79 Å². The first-order chi connectivity index (χ1) is 10.1. The molecule has 0 atom stereocenters. The van der Waals surface area contributed by atoms with Gasteiger partial charge in [-0.15, -0.1) is 0 Å². The van der Waals surface area contributed by atoms with Crippen LogP contribution in [0.2, 0.25) is 0 Å². The van der Waals surface area contributed by atoms with Crippen molar-refractivity contribution >= 4 is 11.8 Å². The van der Waals surface area contributed by atoms with Gasteiger partial charge in [-0.1, -0.05) is 36.4 Å². The van der Waals surface area contributed by atoms with E-state index in [1.807, 2.05) is 18.2 Å². The van der Waals surface area contributed by atoms with Gasteiger partial charge in [-0.2, -0.15) is 0 Å². The lowest BCUT2D eigenvalue weighted by Gasteiger charge is -2.17.